The van der Waals surface area contributed by atoms with Crippen LogP contribution < -0.4 is 0 Å². The lowest BCUT2D eigenvalue weighted by atomic mass is 9.94. The number of amides is 1. The first kappa shape index (κ1) is 15.5. The molecule has 1 aromatic heterocycles. The lowest BCUT2D eigenvalue weighted by Crippen LogP contribution is -2.40. The van der Waals surface area contributed by atoms with Crippen LogP contribution in [0.3, 0.4) is 0 Å². The summed E-state index contributed by atoms with van der Waals surface area (Å²) in [5.41, 5.74) is 2.46. The quantitative estimate of drug-likeness (QED) is 0.940. The molecule has 0 bridgehead atoms. The Labute approximate surface area is 134 Å². The smallest absolute Gasteiger partial charge is 0.303 e. The van der Waals surface area contributed by atoms with Crippen molar-refractivity contribution in [1.82, 2.24) is 14.5 Å². The predicted octanol–water partition coefficient (Wildman–Crippen LogP) is 2.38. The van der Waals surface area contributed by atoms with Gasteiger partial charge in [-0.3, -0.25) is 9.59 Å². The summed E-state index contributed by atoms with van der Waals surface area (Å²) in [7, 11) is 0. The van der Waals surface area contributed by atoms with E-state index in [1.54, 1.807) is 11.2 Å². The first-order chi connectivity index (χ1) is 11.1. The zero-order valence-corrected chi connectivity index (χ0v) is 13.2. The summed E-state index contributed by atoms with van der Waals surface area (Å²) in [6.45, 7) is 4.10. The maximum absolute atomic E-state index is 12.7. The topological polar surface area (TPSA) is 75.4 Å². The van der Waals surface area contributed by atoms with Crippen molar-refractivity contribution < 1.29 is 14.7 Å². The molecule has 2 aromatic rings. The summed E-state index contributed by atoms with van der Waals surface area (Å²) < 4.78 is 2.04. The fourth-order valence-electron chi connectivity index (χ4n) is 3.29. The Morgan fingerprint density at radius 2 is 2.22 bits per heavy atom. The number of carboxylic acids is 1. The lowest BCUT2D eigenvalue weighted by molar-refractivity contribution is -0.138. The van der Waals surface area contributed by atoms with Crippen LogP contribution in [0.5, 0.6) is 0 Å². The Bertz CT molecular complexity index is 738. The van der Waals surface area contributed by atoms with E-state index >= 15 is 0 Å². The minimum absolute atomic E-state index is 0.0342. The zero-order valence-electron chi connectivity index (χ0n) is 13.2. The number of likely N-dealkylation sites (tertiary alicyclic amines) is 1. The molecule has 1 aliphatic heterocycles. The molecule has 1 amide bonds. The fraction of sp³-hybridized carbons (Fsp3) is 0.471. The molecule has 0 aliphatic carbocycles. The van der Waals surface area contributed by atoms with Crippen LogP contribution in [0.15, 0.2) is 24.5 Å². The molecule has 122 valence electrons. The first-order valence-electron chi connectivity index (χ1n) is 8.04. The summed E-state index contributed by atoms with van der Waals surface area (Å²) >= 11 is 0. The average molecular weight is 315 g/mol. The minimum atomic E-state index is -0.796. The van der Waals surface area contributed by atoms with Gasteiger partial charge in [-0.25, -0.2) is 4.98 Å². The van der Waals surface area contributed by atoms with Gasteiger partial charge in [-0.2, -0.15) is 0 Å². The third kappa shape index (κ3) is 3.21. The molecule has 0 saturated carbocycles. The van der Waals surface area contributed by atoms with Crippen molar-refractivity contribution in [1.29, 1.82) is 0 Å². The summed E-state index contributed by atoms with van der Waals surface area (Å²) in [4.78, 5) is 29.7. The van der Waals surface area contributed by atoms with Crippen LogP contribution in [0, 0.1) is 5.92 Å². The molecule has 1 fully saturated rings. The SMILES string of the molecule is CCn1cnc2cc(C(=O)N3CCCC(CC(=O)O)C3)ccc21. The molecule has 3 rings (SSSR count). The van der Waals surface area contributed by atoms with Crippen LogP contribution in [0.1, 0.15) is 36.5 Å². The Morgan fingerprint density at radius 1 is 1.39 bits per heavy atom. The van der Waals surface area contributed by atoms with Gasteiger partial charge in [0.2, 0.25) is 0 Å². The number of carbonyl (C=O) groups excluding carboxylic acids is 1. The zero-order chi connectivity index (χ0) is 16.4. The van der Waals surface area contributed by atoms with Crippen LogP contribution in [0.25, 0.3) is 11.0 Å². The van der Waals surface area contributed by atoms with Gasteiger partial charge in [-0.15, -0.1) is 0 Å². The van der Waals surface area contributed by atoms with Crippen molar-refractivity contribution in [2.45, 2.75) is 32.7 Å². The van der Waals surface area contributed by atoms with Crippen LogP contribution in [-0.4, -0.2) is 44.5 Å². The number of piperidine rings is 1. The van der Waals surface area contributed by atoms with E-state index in [0.717, 1.165) is 30.4 Å². The van der Waals surface area contributed by atoms with E-state index in [1.165, 1.54) is 0 Å². The van der Waals surface area contributed by atoms with Crippen molar-refractivity contribution in [2.24, 2.45) is 5.92 Å². The number of hydrogen-bond acceptors (Lipinski definition) is 3. The van der Waals surface area contributed by atoms with Crippen LogP contribution in [0.4, 0.5) is 0 Å². The molecule has 1 aliphatic rings. The number of imidazole rings is 1. The molecule has 6 heteroatoms. The van der Waals surface area contributed by atoms with Crippen molar-refractivity contribution in [3.63, 3.8) is 0 Å². The Morgan fingerprint density at radius 3 is 2.96 bits per heavy atom. The Balaban J connectivity index is 1.78. The average Bonchev–Trinajstić information content (AvgIpc) is 2.96. The van der Waals surface area contributed by atoms with Crippen molar-refractivity contribution in [3.8, 4) is 0 Å². The molecule has 1 aromatic carbocycles. The highest BCUT2D eigenvalue weighted by Crippen LogP contribution is 2.22. The molecule has 2 heterocycles. The van der Waals surface area contributed by atoms with Gasteiger partial charge < -0.3 is 14.6 Å². The number of carbonyl (C=O) groups is 2. The molecule has 23 heavy (non-hydrogen) atoms. The second-order valence-electron chi connectivity index (χ2n) is 6.09. The molecular weight excluding hydrogens is 294 g/mol. The number of aliphatic carboxylic acids is 1. The maximum atomic E-state index is 12.7. The molecule has 1 unspecified atom stereocenters. The summed E-state index contributed by atoms with van der Waals surface area (Å²) in [5.74, 6) is -0.780. The minimum Gasteiger partial charge on any atom is -0.481 e. The second-order valence-corrected chi connectivity index (χ2v) is 6.09. The van der Waals surface area contributed by atoms with Gasteiger partial charge in [-0.05, 0) is 43.9 Å². The summed E-state index contributed by atoms with van der Waals surface area (Å²) in [6, 6.07) is 5.59. The maximum Gasteiger partial charge on any atom is 0.303 e. The third-order valence-corrected chi connectivity index (χ3v) is 4.48. The van der Waals surface area contributed by atoms with E-state index in [9.17, 15) is 9.59 Å². The number of fused-ring (bicyclic) bond motifs is 1. The molecule has 1 N–H and O–H groups in total. The van der Waals surface area contributed by atoms with E-state index in [4.69, 9.17) is 5.11 Å². The van der Waals surface area contributed by atoms with Gasteiger partial charge >= 0.3 is 5.97 Å². The molecular formula is C17H21N3O3. The largest absolute Gasteiger partial charge is 0.481 e. The number of aromatic nitrogens is 2. The number of hydrogen-bond donors (Lipinski definition) is 1. The lowest BCUT2D eigenvalue weighted by Gasteiger charge is -2.32. The normalized spacial score (nSPS) is 18.3. The fourth-order valence-corrected chi connectivity index (χ4v) is 3.29. The van der Waals surface area contributed by atoms with Crippen LogP contribution >= 0.6 is 0 Å². The van der Waals surface area contributed by atoms with Crippen LogP contribution in [0.2, 0.25) is 0 Å². The molecule has 1 saturated heterocycles. The summed E-state index contributed by atoms with van der Waals surface area (Å²) in [5, 5.41) is 8.94. The first-order valence-corrected chi connectivity index (χ1v) is 8.04. The van der Waals surface area contributed by atoms with Gasteiger partial charge in [-0.1, -0.05) is 0 Å². The van der Waals surface area contributed by atoms with Gasteiger partial charge in [0.05, 0.1) is 17.4 Å². The third-order valence-electron chi connectivity index (χ3n) is 4.48. The highest BCUT2D eigenvalue weighted by atomic mass is 16.4. The summed E-state index contributed by atoms with van der Waals surface area (Å²) in [6.07, 6.45) is 3.64. The molecule has 1 atom stereocenters. The van der Waals surface area contributed by atoms with E-state index in [-0.39, 0.29) is 18.2 Å². The number of aryl methyl sites for hydroxylation is 1. The molecule has 0 spiro atoms. The Kier molecular flexibility index (Phi) is 4.32. The Hall–Kier alpha value is -2.37. The molecule has 6 nitrogen and oxygen atoms in total. The monoisotopic (exact) mass is 315 g/mol. The van der Waals surface area contributed by atoms with E-state index in [2.05, 4.69) is 11.9 Å². The van der Waals surface area contributed by atoms with Crippen molar-refractivity contribution >= 4 is 22.9 Å². The van der Waals surface area contributed by atoms with E-state index < -0.39 is 5.97 Å². The van der Waals surface area contributed by atoms with Gasteiger partial charge in [0.15, 0.2) is 0 Å². The number of benzene rings is 1. The number of carboxylic acid groups (broad SMARTS) is 1. The van der Waals surface area contributed by atoms with Crippen molar-refractivity contribution in [3.05, 3.63) is 30.1 Å². The predicted molar refractivity (Wildman–Crippen MR) is 86.3 cm³/mol. The standard InChI is InChI=1S/C17H21N3O3/c1-2-19-11-18-14-9-13(5-6-15(14)19)17(23)20-7-3-4-12(10-20)8-16(21)22/h5-6,9,11-12H,2-4,7-8,10H2,1H3,(H,21,22). The van der Waals surface area contributed by atoms with Gasteiger partial charge in [0.25, 0.3) is 5.91 Å². The second kappa shape index (κ2) is 6.40. The number of nitrogens with zero attached hydrogens (tertiary/aromatic N) is 3. The number of rotatable bonds is 4. The highest BCUT2D eigenvalue weighted by Gasteiger charge is 2.26. The van der Waals surface area contributed by atoms with Gasteiger partial charge in [0.1, 0.15) is 0 Å². The molecule has 0 radical (unpaired) electrons. The van der Waals surface area contributed by atoms with Crippen LogP contribution in [-0.2, 0) is 11.3 Å². The van der Waals surface area contributed by atoms with Crippen molar-refractivity contribution in [2.75, 3.05) is 13.1 Å². The van der Waals surface area contributed by atoms with E-state index in [0.29, 0.717) is 18.7 Å². The van der Waals surface area contributed by atoms with Gasteiger partial charge in [0, 0.05) is 31.6 Å². The highest BCUT2D eigenvalue weighted by molar-refractivity contribution is 5.97. The van der Waals surface area contributed by atoms with E-state index in [1.807, 2.05) is 22.8 Å².